The molecule has 0 aliphatic heterocycles. The Labute approximate surface area is 215 Å². The minimum atomic E-state index is -4.72. The monoisotopic (exact) mass is 746 g/mol. The third kappa shape index (κ3) is 11.1. The molecule has 36 heavy (non-hydrogen) atoms. The van der Waals surface area contributed by atoms with Gasteiger partial charge in [0.25, 0.3) is 9.28 Å². The maximum atomic E-state index is 12.3. The van der Waals surface area contributed by atoms with Gasteiger partial charge in [0.15, 0.2) is 0 Å². The van der Waals surface area contributed by atoms with Gasteiger partial charge in [-0.05, 0) is 6.55 Å². The normalized spacial score (nSPS) is 12.4. The summed E-state index contributed by atoms with van der Waals surface area (Å²) < 4.78 is 185. The van der Waals surface area contributed by atoms with Crippen LogP contribution in [0.5, 0.6) is 0 Å². The molecule has 2 radical (unpaired) electrons. The summed E-state index contributed by atoms with van der Waals surface area (Å²) in [5.41, 5.74) is 0. The van der Waals surface area contributed by atoms with Crippen molar-refractivity contribution in [2.24, 2.45) is 0 Å². The van der Waals surface area contributed by atoms with Gasteiger partial charge >= 0.3 is 108 Å². The summed E-state index contributed by atoms with van der Waals surface area (Å²) in [4.78, 5) is 18.5. The summed E-state index contributed by atoms with van der Waals surface area (Å²) >= 11 is 0. The van der Waals surface area contributed by atoms with Crippen molar-refractivity contribution in [3.63, 3.8) is 0 Å². The molecule has 1 atom stereocenters. The fraction of sp³-hybridized carbons (Fsp3) is 1.00. The van der Waals surface area contributed by atoms with Crippen LogP contribution >= 0.6 is 0 Å². The van der Waals surface area contributed by atoms with E-state index in [0.29, 0.717) is 0 Å². The molecule has 0 aliphatic rings. The molecule has 0 rings (SSSR count). The standard InChI is InChI=1S/C4H9F3O15Si14/c1-36(21,3-2-4(5,6)7)22-24(9)26(11)28(13)30(15)32(17)34(19)35(20)33(18)31(16)29(14)27(12)25(10)23-8/h8,21H,2-3H2,1H3. The Morgan fingerprint density at radius 1 is 0.667 bits per heavy atom. The molecule has 2 N–H and O–H groups in total. The van der Waals surface area contributed by atoms with Crippen LogP contribution in [-0.4, -0.2) is 127 Å². The van der Waals surface area contributed by atoms with Crippen molar-refractivity contribution in [2.45, 2.75) is 25.2 Å². The average molecular weight is 747 g/mol. The van der Waals surface area contributed by atoms with Crippen molar-refractivity contribution in [3.8, 4) is 0 Å². The zero-order valence-corrected chi connectivity index (χ0v) is 31.2. The molecular weight excluding hydrogens is 738 g/mol. The number of hydrogen-bond donors (Lipinski definition) is 2. The van der Waals surface area contributed by atoms with Gasteiger partial charge < -0.3 is 67.2 Å². The summed E-state index contributed by atoms with van der Waals surface area (Å²) in [5, 5.41) is 0. The maximum Gasteiger partial charge on any atom is 0.533 e. The first-order valence-electron chi connectivity index (χ1n) is 8.58. The predicted molar refractivity (Wildman–Crippen MR) is 116 cm³/mol. The fourth-order valence-corrected chi connectivity index (χ4v) is 127. The quantitative estimate of drug-likeness (QED) is 0.140. The lowest BCUT2D eigenvalue weighted by Gasteiger charge is -2.20. The van der Waals surface area contributed by atoms with Gasteiger partial charge in [0.05, 0.1) is 0 Å². The van der Waals surface area contributed by atoms with E-state index in [4.69, 9.17) is 4.80 Å². The molecule has 0 aromatic carbocycles. The van der Waals surface area contributed by atoms with Crippen LogP contribution in [0.1, 0.15) is 6.42 Å². The molecule has 0 saturated heterocycles. The molecule has 32 heteroatoms. The Morgan fingerprint density at radius 3 is 1.28 bits per heavy atom. The Balaban J connectivity index is 5.40. The van der Waals surface area contributed by atoms with Crippen LogP contribution in [0.2, 0.25) is 12.6 Å². The minimum absolute atomic E-state index is 0.753. The van der Waals surface area contributed by atoms with Gasteiger partial charge in [0, 0.05) is 12.5 Å². The molecule has 0 heterocycles. The molecule has 0 fully saturated rings. The van der Waals surface area contributed by atoms with Crippen molar-refractivity contribution in [3.05, 3.63) is 0 Å². The lowest BCUT2D eigenvalue weighted by atomic mass is 10.5. The summed E-state index contributed by atoms with van der Waals surface area (Å²) in [6.45, 7) is 0.753. The molecule has 0 aromatic heterocycles. The van der Waals surface area contributed by atoms with Crippen molar-refractivity contribution < 1.29 is 80.4 Å². The van der Waals surface area contributed by atoms with E-state index in [-0.39, 0.29) is 0 Å². The highest BCUT2D eigenvalue weighted by molar-refractivity contribution is 7.79. The van der Waals surface area contributed by atoms with Crippen LogP contribution in [0, 0.1) is 0 Å². The Morgan fingerprint density at radius 2 is 0.972 bits per heavy atom. The van der Waals surface area contributed by atoms with Gasteiger partial charge in [0.1, 0.15) is 0 Å². The largest absolute Gasteiger partial charge is 0.558 e. The molecule has 192 valence electrons. The van der Waals surface area contributed by atoms with E-state index in [1.54, 1.807) is 0 Å². The average Bonchev–Trinajstić information content (AvgIpc) is 2.81. The SMILES string of the molecule is C[Si](O)(CCC(F)(F)F)O[Si](=O)[Si](=O)[Si](=O)[Si](=O)[Si](=O)[Si](=O)[Si](=O)[Si](=O)[Si](=O)[Si](=O)[Si](=O)[Si](=O)[Si]O. The first kappa shape index (κ1) is 36.1. The summed E-state index contributed by atoms with van der Waals surface area (Å²) in [6.07, 6.45) is -6.28. The summed E-state index contributed by atoms with van der Waals surface area (Å²) in [7, 11) is -54.1. The highest BCUT2D eigenvalue weighted by Crippen LogP contribution is 2.25. The van der Waals surface area contributed by atoms with E-state index < -0.39 is 130 Å². The van der Waals surface area contributed by atoms with E-state index in [9.17, 15) is 71.5 Å². The van der Waals surface area contributed by atoms with Gasteiger partial charge in [-0.15, -0.1) is 0 Å². The van der Waals surface area contributed by atoms with Crippen LogP contribution in [0.15, 0.2) is 0 Å². The molecule has 0 spiro atoms. The fourth-order valence-electron chi connectivity index (χ4n) is 1.74. The topological polar surface area (TPSA) is 255 Å². The van der Waals surface area contributed by atoms with Crippen molar-refractivity contribution in [2.75, 3.05) is 0 Å². The van der Waals surface area contributed by atoms with Crippen LogP contribution in [-0.2, 0) is 57.7 Å². The second-order valence-electron chi connectivity index (χ2n) is 6.41. The van der Waals surface area contributed by atoms with Crippen molar-refractivity contribution >= 4 is 111 Å². The number of alkyl halides is 3. The third-order valence-corrected chi connectivity index (χ3v) is 93.1. The van der Waals surface area contributed by atoms with E-state index in [1.165, 1.54) is 0 Å². The van der Waals surface area contributed by atoms with Crippen LogP contribution in [0.3, 0.4) is 0 Å². The molecule has 1 unspecified atom stereocenters. The molecule has 0 aromatic rings. The molecule has 0 saturated carbocycles. The van der Waals surface area contributed by atoms with Crippen molar-refractivity contribution in [1.29, 1.82) is 0 Å². The van der Waals surface area contributed by atoms with Crippen LogP contribution in [0.4, 0.5) is 13.2 Å². The van der Waals surface area contributed by atoms with Crippen molar-refractivity contribution in [1.82, 2.24) is 0 Å². The second kappa shape index (κ2) is 15.1. The second-order valence-corrected chi connectivity index (χ2v) is 66.5. The number of rotatable bonds is 16. The van der Waals surface area contributed by atoms with Gasteiger partial charge in [0.2, 0.25) is 0 Å². The molecule has 0 amide bonds. The van der Waals surface area contributed by atoms with E-state index in [0.717, 1.165) is 6.55 Å². The van der Waals surface area contributed by atoms with Gasteiger partial charge in [-0.1, -0.05) is 0 Å². The Hall–Kier alpha value is 0.146. The number of halogens is 3. The third-order valence-electron chi connectivity index (χ3n) is 3.53. The molecular formula is C4H9F3O15Si14. The smallest absolute Gasteiger partial charge is 0.533 e. The van der Waals surface area contributed by atoms with E-state index in [2.05, 4.69) is 4.12 Å². The number of hydrogen-bond acceptors (Lipinski definition) is 15. The maximum absolute atomic E-state index is 12.3. The molecule has 15 nitrogen and oxygen atoms in total. The summed E-state index contributed by atoms with van der Waals surface area (Å²) in [6, 6.07) is -1.04. The Bertz CT molecular complexity index is 1140. The van der Waals surface area contributed by atoms with Crippen LogP contribution in [0.25, 0.3) is 0 Å². The zero-order chi connectivity index (χ0) is 28.8. The predicted octanol–water partition coefficient (Wildman–Crippen LogP) is -5.45. The zero-order valence-electron chi connectivity index (χ0n) is 17.2. The highest BCUT2D eigenvalue weighted by atomic mass is 30.1. The van der Waals surface area contributed by atoms with E-state index in [1.807, 2.05) is 0 Å². The Kier molecular flexibility index (Phi) is 15.1. The lowest BCUT2D eigenvalue weighted by molar-refractivity contribution is -0.131. The van der Waals surface area contributed by atoms with Gasteiger partial charge in [-0.2, -0.15) is 13.2 Å². The highest BCUT2D eigenvalue weighted by Gasteiger charge is 2.54. The minimum Gasteiger partial charge on any atom is -0.558 e. The molecule has 0 bridgehead atoms. The van der Waals surface area contributed by atoms with Gasteiger partial charge in [-0.3, -0.25) is 0 Å². The van der Waals surface area contributed by atoms with Crippen LogP contribution < -0.4 is 0 Å². The van der Waals surface area contributed by atoms with Gasteiger partial charge in [-0.25, -0.2) is 0 Å². The first-order valence-corrected chi connectivity index (χ1v) is 40.9. The molecule has 0 aliphatic carbocycles. The lowest BCUT2D eigenvalue weighted by Crippen LogP contribution is -2.55. The summed E-state index contributed by atoms with van der Waals surface area (Å²) in [5.74, 6) is 0. The first-order chi connectivity index (χ1) is 16.2. The van der Waals surface area contributed by atoms with E-state index >= 15 is 0 Å².